The van der Waals surface area contributed by atoms with Crippen LogP contribution in [-0.2, 0) is 11.2 Å². The number of aryl methyl sites for hydroxylation is 1. The number of fused-ring (bicyclic) bond motifs is 1. The minimum absolute atomic E-state index is 0.0194. The molecule has 0 atom stereocenters. The lowest BCUT2D eigenvalue weighted by Crippen LogP contribution is -2.40. The van der Waals surface area contributed by atoms with Crippen LogP contribution in [-0.4, -0.2) is 54.8 Å². The fraction of sp³-hybridized carbons (Fsp3) is 0.350. The monoisotopic (exact) mass is 449 g/mol. The van der Waals surface area contributed by atoms with Crippen molar-refractivity contribution in [1.82, 2.24) is 9.97 Å². The zero-order valence-corrected chi connectivity index (χ0v) is 16.9. The summed E-state index contributed by atoms with van der Waals surface area (Å²) < 4.78 is 48.7. The number of amides is 2. The highest BCUT2D eigenvalue weighted by molar-refractivity contribution is 6.03. The maximum Gasteiger partial charge on any atom is 0.456 e. The molecule has 32 heavy (non-hydrogen) atoms. The maximum absolute atomic E-state index is 12.8. The van der Waals surface area contributed by atoms with E-state index in [1.165, 1.54) is 25.4 Å². The molecule has 0 spiro atoms. The lowest BCUT2D eigenvalue weighted by atomic mass is 10.0. The van der Waals surface area contributed by atoms with Crippen molar-refractivity contribution in [2.75, 3.05) is 37.1 Å². The van der Waals surface area contributed by atoms with Gasteiger partial charge in [0.05, 0.1) is 12.8 Å². The van der Waals surface area contributed by atoms with Crippen LogP contribution < -0.4 is 15.0 Å². The summed E-state index contributed by atoms with van der Waals surface area (Å²) in [6.07, 6.45) is -2.80. The van der Waals surface area contributed by atoms with E-state index in [2.05, 4.69) is 15.3 Å². The Hall–Kier alpha value is -3.72. The molecule has 2 aromatic rings. The highest BCUT2D eigenvalue weighted by Crippen LogP contribution is 2.29. The molecule has 0 fully saturated rings. The number of halogens is 3. The van der Waals surface area contributed by atoms with Gasteiger partial charge >= 0.3 is 12.2 Å². The van der Waals surface area contributed by atoms with Crippen LogP contribution in [0.2, 0.25) is 0 Å². The summed E-state index contributed by atoms with van der Waals surface area (Å²) in [6, 6.07) is 4.94. The van der Waals surface area contributed by atoms with Crippen LogP contribution >= 0.6 is 0 Å². The van der Waals surface area contributed by atoms with Gasteiger partial charge in [0.25, 0.3) is 5.78 Å². The fourth-order valence-electron chi connectivity index (χ4n) is 3.03. The summed E-state index contributed by atoms with van der Waals surface area (Å²) in [5, 5.41) is 11.7. The van der Waals surface area contributed by atoms with Gasteiger partial charge in [0, 0.05) is 19.7 Å². The van der Waals surface area contributed by atoms with Crippen molar-refractivity contribution in [2.24, 2.45) is 0 Å². The number of ketones is 1. The number of anilines is 2. The first-order valence-electron chi connectivity index (χ1n) is 9.46. The van der Waals surface area contributed by atoms with Crippen LogP contribution in [0.4, 0.5) is 29.6 Å². The molecule has 3 heterocycles. The van der Waals surface area contributed by atoms with Crippen LogP contribution in [0.1, 0.15) is 28.0 Å². The Morgan fingerprint density at radius 3 is 2.78 bits per heavy atom. The molecule has 0 aliphatic carbocycles. The Morgan fingerprint density at radius 1 is 1.31 bits per heavy atom. The van der Waals surface area contributed by atoms with Gasteiger partial charge in [-0.15, -0.1) is 0 Å². The number of carbonyl (C=O) groups excluding carboxylic acids is 2. The maximum atomic E-state index is 12.8. The number of nitriles is 1. The van der Waals surface area contributed by atoms with Crippen LogP contribution in [0.25, 0.3) is 0 Å². The third kappa shape index (κ3) is 5.12. The quantitative estimate of drug-likeness (QED) is 0.532. The van der Waals surface area contributed by atoms with Crippen molar-refractivity contribution in [3.63, 3.8) is 0 Å². The summed E-state index contributed by atoms with van der Waals surface area (Å²) in [5.74, 6) is -1.85. The lowest BCUT2D eigenvalue weighted by Gasteiger charge is -2.28. The highest BCUT2D eigenvalue weighted by atomic mass is 19.4. The van der Waals surface area contributed by atoms with Crippen molar-refractivity contribution in [3.05, 3.63) is 41.2 Å². The Balaban J connectivity index is 1.83. The fourth-order valence-corrected chi connectivity index (χ4v) is 3.03. The molecular weight excluding hydrogens is 431 g/mol. The summed E-state index contributed by atoms with van der Waals surface area (Å²) in [6.45, 7) is 0.634. The Labute approximate surface area is 180 Å². The number of carbonyl (C=O) groups is 2. The van der Waals surface area contributed by atoms with Crippen LogP contribution in [0.15, 0.2) is 24.4 Å². The van der Waals surface area contributed by atoms with Gasteiger partial charge in [-0.3, -0.25) is 15.0 Å². The molecule has 1 aliphatic heterocycles. The van der Waals surface area contributed by atoms with Gasteiger partial charge in [-0.25, -0.2) is 14.8 Å². The smallest absolute Gasteiger partial charge is 0.456 e. The van der Waals surface area contributed by atoms with Crippen molar-refractivity contribution in [3.8, 4) is 11.8 Å². The first-order chi connectivity index (χ1) is 15.2. The van der Waals surface area contributed by atoms with E-state index in [1.807, 2.05) is 6.07 Å². The normalized spacial score (nSPS) is 13.2. The molecule has 0 bridgehead atoms. The topological polar surface area (TPSA) is 117 Å². The number of aromatic nitrogens is 2. The number of methoxy groups -OCH3 is 1. The minimum atomic E-state index is -5.07. The number of hydrogen-bond donors (Lipinski definition) is 1. The van der Waals surface area contributed by atoms with Crippen LogP contribution in [0.5, 0.6) is 5.75 Å². The minimum Gasteiger partial charge on any atom is -0.490 e. The second kappa shape index (κ2) is 9.61. The molecule has 0 unspecified atom stereocenters. The third-order valence-corrected chi connectivity index (χ3v) is 4.54. The molecular formula is C20H18F3N5O4. The predicted molar refractivity (Wildman–Crippen MR) is 106 cm³/mol. The molecule has 1 N–H and O–H groups in total. The largest absolute Gasteiger partial charge is 0.490 e. The number of nitrogens with one attached hydrogen (secondary N) is 1. The first kappa shape index (κ1) is 23.0. The van der Waals surface area contributed by atoms with E-state index in [1.54, 1.807) is 0 Å². The van der Waals surface area contributed by atoms with Gasteiger partial charge in [-0.1, -0.05) is 6.07 Å². The Morgan fingerprint density at radius 2 is 2.09 bits per heavy atom. The van der Waals surface area contributed by atoms with Gasteiger partial charge in [0.15, 0.2) is 0 Å². The molecule has 12 heteroatoms. The molecule has 2 aromatic heterocycles. The average Bonchev–Trinajstić information content (AvgIpc) is 2.77. The number of pyridine rings is 2. The number of hydrogen-bond acceptors (Lipinski definition) is 7. The highest BCUT2D eigenvalue weighted by Gasteiger charge is 2.41. The molecule has 0 aromatic carbocycles. The van der Waals surface area contributed by atoms with E-state index in [9.17, 15) is 28.0 Å². The molecule has 0 saturated heterocycles. The summed E-state index contributed by atoms with van der Waals surface area (Å²) in [7, 11) is 1.49. The molecule has 9 nitrogen and oxygen atoms in total. The first-order valence-corrected chi connectivity index (χ1v) is 9.46. The standard InChI is InChI=1S/C20H18F3N5O4/c1-31-7-8-32-15-9-16(25-11-13(15)10-24)27-19(30)28-6-2-3-12-4-5-14(26-18(12)28)17(29)20(21,22)23/h4-5,9,11H,2-3,6-8H2,1H3,(H,25,27,30). The van der Waals surface area contributed by atoms with E-state index in [0.717, 1.165) is 11.0 Å². The molecule has 168 valence electrons. The van der Waals surface area contributed by atoms with Gasteiger partial charge in [-0.05, 0) is 24.5 Å². The zero-order chi connectivity index (χ0) is 23.3. The van der Waals surface area contributed by atoms with Crippen molar-refractivity contribution < 1.29 is 32.2 Å². The summed E-state index contributed by atoms with van der Waals surface area (Å²) >= 11 is 0. The van der Waals surface area contributed by atoms with Crippen molar-refractivity contribution in [1.29, 1.82) is 5.26 Å². The molecule has 0 saturated carbocycles. The zero-order valence-electron chi connectivity index (χ0n) is 16.9. The number of ether oxygens (including phenoxy) is 2. The average molecular weight is 449 g/mol. The van der Waals surface area contributed by atoms with E-state index in [-0.39, 0.29) is 42.7 Å². The van der Waals surface area contributed by atoms with E-state index in [0.29, 0.717) is 18.4 Å². The number of urea groups is 1. The lowest BCUT2D eigenvalue weighted by molar-refractivity contribution is -0.0888. The van der Waals surface area contributed by atoms with E-state index in [4.69, 9.17) is 9.47 Å². The van der Waals surface area contributed by atoms with E-state index < -0.39 is 23.7 Å². The number of Topliss-reactive ketones (excluding diaryl/α,β-unsaturated/α-hetero) is 1. The van der Waals surface area contributed by atoms with Gasteiger partial charge in [0.1, 0.15) is 41.3 Å². The number of rotatable bonds is 6. The Bertz CT molecular complexity index is 1070. The van der Waals surface area contributed by atoms with Crippen molar-refractivity contribution in [2.45, 2.75) is 19.0 Å². The van der Waals surface area contributed by atoms with Gasteiger partial charge < -0.3 is 9.47 Å². The third-order valence-electron chi connectivity index (χ3n) is 4.54. The Kier molecular flexibility index (Phi) is 6.89. The van der Waals surface area contributed by atoms with Crippen molar-refractivity contribution >= 4 is 23.5 Å². The van der Waals surface area contributed by atoms with E-state index >= 15 is 0 Å². The van der Waals surface area contributed by atoms with Crippen LogP contribution in [0.3, 0.4) is 0 Å². The second-order valence-electron chi connectivity index (χ2n) is 6.71. The molecule has 0 radical (unpaired) electrons. The summed E-state index contributed by atoms with van der Waals surface area (Å²) in [4.78, 5) is 33.3. The predicted octanol–water partition coefficient (Wildman–Crippen LogP) is 3.10. The van der Waals surface area contributed by atoms with Crippen LogP contribution in [0, 0.1) is 11.3 Å². The summed E-state index contributed by atoms with van der Waals surface area (Å²) in [5.41, 5.74) is -0.0952. The molecule has 1 aliphatic rings. The number of nitrogens with zero attached hydrogens (tertiary/aromatic N) is 4. The number of alkyl halides is 3. The van der Waals surface area contributed by atoms with Gasteiger partial charge in [-0.2, -0.15) is 18.4 Å². The second-order valence-corrected chi connectivity index (χ2v) is 6.71. The molecule has 2 amide bonds. The SMILES string of the molecule is COCCOc1cc(NC(=O)N2CCCc3ccc(C(=O)C(F)(F)F)nc32)ncc1C#N. The molecule has 3 rings (SSSR count). The van der Waals surface area contributed by atoms with Gasteiger partial charge in [0.2, 0.25) is 0 Å².